The molecule has 3 rings (SSSR count). The Kier molecular flexibility index (Phi) is 4.64. The molecular formula is C17H11Cl2N3O2. The number of amides is 2. The van der Waals surface area contributed by atoms with Crippen LogP contribution < -0.4 is 10.9 Å². The van der Waals surface area contributed by atoms with Gasteiger partial charge >= 0.3 is 0 Å². The summed E-state index contributed by atoms with van der Waals surface area (Å²) in [6.07, 6.45) is 0. The van der Waals surface area contributed by atoms with Gasteiger partial charge in [0.15, 0.2) is 0 Å². The molecule has 7 heteroatoms. The van der Waals surface area contributed by atoms with E-state index in [0.717, 1.165) is 5.39 Å². The van der Waals surface area contributed by atoms with Gasteiger partial charge in [-0.1, -0.05) is 47.5 Å². The van der Waals surface area contributed by atoms with Crippen LogP contribution in [-0.4, -0.2) is 16.8 Å². The van der Waals surface area contributed by atoms with Gasteiger partial charge in [-0.2, -0.15) is 0 Å². The maximum absolute atomic E-state index is 12.1. The van der Waals surface area contributed by atoms with Gasteiger partial charge in [0.1, 0.15) is 5.69 Å². The Balaban J connectivity index is 1.71. The second-order valence-electron chi connectivity index (χ2n) is 4.96. The number of nitrogens with zero attached hydrogens (tertiary/aromatic N) is 1. The number of carbonyl (C=O) groups excluding carboxylic acids is 2. The van der Waals surface area contributed by atoms with Crippen molar-refractivity contribution < 1.29 is 9.59 Å². The van der Waals surface area contributed by atoms with E-state index in [2.05, 4.69) is 15.8 Å². The summed E-state index contributed by atoms with van der Waals surface area (Å²) in [5.41, 5.74) is 5.74. The van der Waals surface area contributed by atoms with Gasteiger partial charge in [-0.3, -0.25) is 20.4 Å². The van der Waals surface area contributed by atoms with Crippen molar-refractivity contribution in [2.75, 3.05) is 0 Å². The molecule has 120 valence electrons. The number of nitrogens with one attached hydrogen (secondary N) is 2. The number of para-hydroxylation sites is 1. The highest BCUT2D eigenvalue weighted by molar-refractivity contribution is 6.35. The van der Waals surface area contributed by atoms with Crippen molar-refractivity contribution in [1.82, 2.24) is 15.8 Å². The zero-order valence-electron chi connectivity index (χ0n) is 12.2. The molecule has 0 fully saturated rings. The summed E-state index contributed by atoms with van der Waals surface area (Å²) in [5.74, 6) is -1.06. The Labute approximate surface area is 147 Å². The predicted octanol–water partition coefficient (Wildman–Crippen LogP) is 3.62. The predicted molar refractivity (Wildman–Crippen MR) is 93.1 cm³/mol. The van der Waals surface area contributed by atoms with Crippen molar-refractivity contribution in [3.05, 3.63) is 75.9 Å². The molecule has 2 N–H and O–H groups in total. The molecule has 2 amide bonds. The Morgan fingerprint density at radius 1 is 0.833 bits per heavy atom. The molecule has 24 heavy (non-hydrogen) atoms. The fourth-order valence-corrected chi connectivity index (χ4v) is 2.65. The summed E-state index contributed by atoms with van der Waals surface area (Å²) in [7, 11) is 0. The molecule has 0 radical (unpaired) electrons. The number of pyridine rings is 1. The van der Waals surface area contributed by atoms with Gasteiger partial charge in [0.05, 0.1) is 5.52 Å². The molecule has 0 aliphatic heterocycles. The Morgan fingerprint density at radius 2 is 1.50 bits per heavy atom. The minimum atomic E-state index is -0.534. The molecule has 0 spiro atoms. The van der Waals surface area contributed by atoms with Crippen LogP contribution in [0.5, 0.6) is 0 Å². The monoisotopic (exact) mass is 359 g/mol. The Hall–Kier alpha value is -2.63. The van der Waals surface area contributed by atoms with E-state index in [-0.39, 0.29) is 11.3 Å². The minimum Gasteiger partial charge on any atom is -0.267 e. The highest BCUT2D eigenvalue weighted by Gasteiger charge is 2.12. The van der Waals surface area contributed by atoms with E-state index >= 15 is 0 Å². The molecule has 1 aromatic heterocycles. The summed E-state index contributed by atoms with van der Waals surface area (Å²) in [6, 6.07) is 15.2. The molecule has 0 bridgehead atoms. The molecule has 2 aromatic carbocycles. The summed E-state index contributed by atoms with van der Waals surface area (Å²) >= 11 is 11.7. The molecular weight excluding hydrogens is 349 g/mol. The van der Waals surface area contributed by atoms with Gasteiger partial charge in [0.2, 0.25) is 0 Å². The molecule has 5 nitrogen and oxygen atoms in total. The summed E-state index contributed by atoms with van der Waals surface area (Å²) in [6.45, 7) is 0. The number of carbonyl (C=O) groups is 2. The normalized spacial score (nSPS) is 10.4. The van der Waals surface area contributed by atoms with Gasteiger partial charge in [-0.25, -0.2) is 4.98 Å². The number of benzene rings is 2. The van der Waals surface area contributed by atoms with Crippen LogP contribution in [0.25, 0.3) is 10.9 Å². The lowest BCUT2D eigenvalue weighted by Crippen LogP contribution is -2.41. The Morgan fingerprint density at radius 3 is 2.25 bits per heavy atom. The van der Waals surface area contributed by atoms with Crippen molar-refractivity contribution in [2.45, 2.75) is 0 Å². The first-order valence-corrected chi connectivity index (χ1v) is 7.71. The van der Waals surface area contributed by atoms with Crippen LogP contribution in [0.2, 0.25) is 10.0 Å². The van der Waals surface area contributed by atoms with E-state index in [1.165, 1.54) is 18.2 Å². The highest BCUT2D eigenvalue weighted by atomic mass is 35.5. The fourth-order valence-electron chi connectivity index (χ4n) is 2.13. The van der Waals surface area contributed by atoms with Crippen LogP contribution in [0.1, 0.15) is 20.8 Å². The molecule has 0 aliphatic carbocycles. The lowest BCUT2D eigenvalue weighted by Gasteiger charge is -2.08. The molecule has 0 saturated heterocycles. The average molecular weight is 360 g/mol. The molecule has 0 saturated carbocycles. The summed E-state index contributed by atoms with van der Waals surface area (Å²) in [5, 5.41) is 1.58. The standard InChI is InChI=1S/C17H11Cl2N3O2/c18-12-7-11(8-13(19)9-12)16(23)21-22-17(24)15-6-5-10-3-1-2-4-14(10)20-15/h1-9H,(H,21,23)(H,22,24). The molecule has 0 aliphatic rings. The topological polar surface area (TPSA) is 71.1 Å². The zero-order valence-corrected chi connectivity index (χ0v) is 13.7. The fraction of sp³-hybridized carbons (Fsp3) is 0. The maximum atomic E-state index is 12.1. The maximum Gasteiger partial charge on any atom is 0.288 e. The average Bonchev–Trinajstić information content (AvgIpc) is 2.58. The van der Waals surface area contributed by atoms with Crippen LogP contribution >= 0.6 is 23.2 Å². The first-order chi connectivity index (χ1) is 11.5. The van der Waals surface area contributed by atoms with Crippen LogP contribution in [0, 0.1) is 0 Å². The molecule has 0 unspecified atom stereocenters. The first-order valence-electron chi connectivity index (χ1n) is 6.95. The minimum absolute atomic E-state index is 0.193. The second-order valence-corrected chi connectivity index (χ2v) is 5.83. The summed E-state index contributed by atoms with van der Waals surface area (Å²) < 4.78 is 0. The quantitative estimate of drug-likeness (QED) is 0.686. The van der Waals surface area contributed by atoms with Gasteiger partial charge < -0.3 is 0 Å². The van der Waals surface area contributed by atoms with E-state index in [4.69, 9.17) is 23.2 Å². The Bertz CT molecular complexity index is 924. The van der Waals surface area contributed by atoms with E-state index < -0.39 is 11.8 Å². The number of hydrogen-bond acceptors (Lipinski definition) is 3. The van der Waals surface area contributed by atoms with E-state index in [1.54, 1.807) is 18.2 Å². The van der Waals surface area contributed by atoms with Crippen LogP contribution in [-0.2, 0) is 0 Å². The van der Waals surface area contributed by atoms with E-state index in [1.807, 2.05) is 18.2 Å². The van der Waals surface area contributed by atoms with Crippen molar-refractivity contribution in [1.29, 1.82) is 0 Å². The van der Waals surface area contributed by atoms with Crippen LogP contribution in [0.3, 0.4) is 0 Å². The van der Waals surface area contributed by atoms with Crippen molar-refractivity contribution in [3.8, 4) is 0 Å². The largest absolute Gasteiger partial charge is 0.288 e. The third-order valence-corrected chi connectivity index (χ3v) is 3.68. The van der Waals surface area contributed by atoms with E-state index in [9.17, 15) is 9.59 Å². The molecule has 1 heterocycles. The number of fused-ring (bicyclic) bond motifs is 1. The number of aromatic nitrogens is 1. The number of halogens is 2. The van der Waals surface area contributed by atoms with Crippen molar-refractivity contribution >= 4 is 45.9 Å². The lowest BCUT2D eigenvalue weighted by molar-refractivity contribution is 0.0844. The zero-order chi connectivity index (χ0) is 17.1. The SMILES string of the molecule is O=C(NNC(=O)c1ccc2ccccc2n1)c1cc(Cl)cc(Cl)c1. The third kappa shape index (κ3) is 3.64. The second kappa shape index (κ2) is 6.86. The van der Waals surface area contributed by atoms with Crippen molar-refractivity contribution in [3.63, 3.8) is 0 Å². The first kappa shape index (κ1) is 16.2. The smallest absolute Gasteiger partial charge is 0.267 e. The molecule has 3 aromatic rings. The van der Waals surface area contributed by atoms with Crippen molar-refractivity contribution in [2.24, 2.45) is 0 Å². The number of rotatable bonds is 2. The van der Waals surface area contributed by atoms with Gasteiger partial charge in [0, 0.05) is 21.0 Å². The number of hydrogen-bond donors (Lipinski definition) is 2. The van der Waals surface area contributed by atoms with Crippen LogP contribution in [0.15, 0.2) is 54.6 Å². The van der Waals surface area contributed by atoms with Gasteiger partial charge in [0.25, 0.3) is 11.8 Å². The third-order valence-electron chi connectivity index (χ3n) is 3.25. The van der Waals surface area contributed by atoms with Crippen LogP contribution in [0.4, 0.5) is 0 Å². The lowest BCUT2D eigenvalue weighted by atomic mass is 10.2. The molecule has 0 atom stereocenters. The number of hydrazine groups is 1. The van der Waals surface area contributed by atoms with Gasteiger partial charge in [-0.05, 0) is 30.3 Å². The van der Waals surface area contributed by atoms with E-state index in [0.29, 0.717) is 15.6 Å². The highest BCUT2D eigenvalue weighted by Crippen LogP contribution is 2.18. The summed E-state index contributed by atoms with van der Waals surface area (Å²) in [4.78, 5) is 28.4. The van der Waals surface area contributed by atoms with Gasteiger partial charge in [-0.15, -0.1) is 0 Å².